The molecule has 0 heterocycles. The first-order valence-electron chi connectivity index (χ1n) is 11.6. The molecule has 32 heavy (non-hydrogen) atoms. The van der Waals surface area contributed by atoms with Crippen molar-refractivity contribution < 1.29 is 24.3 Å². The lowest BCUT2D eigenvalue weighted by atomic mass is 10.0. The number of ketones is 1. The van der Waals surface area contributed by atoms with Gasteiger partial charge in [-0.1, -0.05) is 87.6 Å². The normalized spacial score (nSPS) is 10.9. The van der Waals surface area contributed by atoms with E-state index < -0.39 is 11.7 Å². The largest absolute Gasteiger partial charge is 0.872 e. The highest BCUT2D eigenvalue weighted by Gasteiger charge is 2.11. The van der Waals surface area contributed by atoms with Crippen LogP contribution in [-0.4, -0.2) is 42.5 Å². The minimum absolute atomic E-state index is 0.178. The number of carbonyl (C=O) groups is 2. The zero-order valence-electron chi connectivity index (χ0n) is 20.1. The van der Waals surface area contributed by atoms with Gasteiger partial charge in [-0.05, 0) is 18.6 Å². The van der Waals surface area contributed by atoms with E-state index in [1.165, 1.54) is 68.4 Å². The second-order valence-corrected chi connectivity index (χ2v) is 9.24. The molecule has 0 saturated carbocycles. The standard InChI is InChI=1S/C20H34NO.C7H6O3/c1-5-6-7-8-9-10-11-15-20(22)19-14-12-13-18(16-19)17-21(2,3)4;8-6-4-2-1-3-5(6)7(9)10/h12-14,16H,5-11,15,17H2,1-4H3;1-4,8H,(H,9,10)/q+1;/p-1. The van der Waals surface area contributed by atoms with Crippen LogP contribution in [0.3, 0.4) is 0 Å². The number of carboxylic acids is 1. The van der Waals surface area contributed by atoms with Crippen molar-refractivity contribution in [1.82, 2.24) is 0 Å². The van der Waals surface area contributed by atoms with E-state index in [-0.39, 0.29) is 5.56 Å². The molecule has 5 nitrogen and oxygen atoms in total. The summed E-state index contributed by atoms with van der Waals surface area (Å²) in [5, 5.41) is 19.0. The van der Waals surface area contributed by atoms with Gasteiger partial charge >= 0.3 is 5.97 Å². The number of carbonyl (C=O) groups excluding carboxylic acids is 1. The lowest BCUT2D eigenvalue weighted by Gasteiger charge is -2.24. The van der Waals surface area contributed by atoms with Crippen LogP contribution in [0, 0.1) is 0 Å². The summed E-state index contributed by atoms with van der Waals surface area (Å²) in [6, 6.07) is 13.7. The van der Waals surface area contributed by atoms with Gasteiger partial charge in [0, 0.05) is 17.5 Å². The molecule has 0 spiro atoms. The third-order valence-corrected chi connectivity index (χ3v) is 5.03. The average Bonchev–Trinajstić information content (AvgIpc) is 2.72. The smallest absolute Gasteiger partial charge is 0.335 e. The number of rotatable bonds is 12. The van der Waals surface area contributed by atoms with Crippen molar-refractivity contribution in [2.24, 2.45) is 0 Å². The number of para-hydroxylation sites is 1. The van der Waals surface area contributed by atoms with Crippen molar-refractivity contribution in [3.05, 3.63) is 65.2 Å². The van der Waals surface area contributed by atoms with Crippen LogP contribution in [0.25, 0.3) is 0 Å². The van der Waals surface area contributed by atoms with Gasteiger partial charge in [0.05, 0.1) is 26.7 Å². The van der Waals surface area contributed by atoms with E-state index >= 15 is 0 Å². The van der Waals surface area contributed by atoms with Gasteiger partial charge in [0.1, 0.15) is 6.54 Å². The molecule has 0 fully saturated rings. The Morgan fingerprint density at radius 3 is 2.06 bits per heavy atom. The molecule has 2 aromatic rings. The number of hydrogen-bond donors (Lipinski definition) is 1. The van der Waals surface area contributed by atoms with Crippen LogP contribution in [0.2, 0.25) is 0 Å². The number of carboxylic acid groups (broad SMARTS) is 1. The minimum atomic E-state index is -1.18. The molecule has 0 bridgehead atoms. The van der Waals surface area contributed by atoms with E-state index in [1.807, 2.05) is 12.1 Å². The van der Waals surface area contributed by atoms with Crippen LogP contribution < -0.4 is 5.11 Å². The summed E-state index contributed by atoms with van der Waals surface area (Å²) in [6.07, 6.45) is 9.49. The molecule has 2 aromatic carbocycles. The second kappa shape index (κ2) is 14.4. The van der Waals surface area contributed by atoms with Crippen LogP contribution in [0.5, 0.6) is 5.75 Å². The molecule has 0 radical (unpaired) electrons. The minimum Gasteiger partial charge on any atom is -0.872 e. The third-order valence-electron chi connectivity index (χ3n) is 5.03. The molecule has 0 aliphatic rings. The zero-order valence-corrected chi connectivity index (χ0v) is 20.1. The highest BCUT2D eigenvalue weighted by Crippen LogP contribution is 2.15. The van der Waals surface area contributed by atoms with Gasteiger partial charge in [0.25, 0.3) is 0 Å². The summed E-state index contributed by atoms with van der Waals surface area (Å²) >= 11 is 0. The fraction of sp³-hybridized carbons (Fsp3) is 0.481. The Labute approximate surface area is 193 Å². The monoisotopic (exact) mass is 441 g/mol. The number of quaternary nitrogens is 1. The Kier molecular flexibility index (Phi) is 12.3. The molecule has 176 valence electrons. The number of aromatic carboxylic acids is 1. The molecule has 5 heteroatoms. The molecule has 1 N–H and O–H groups in total. The second-order valence-electron chi connectivity index (χ2n) is 9.24. The summed E-state index contributed by atoms with van der Waals surface area (Å²) < 4.78 is 0.884. The van der Waals surface area contributed by atoms with Crippen LogP contribution in [0.1, 0.15) is 84.6 Å². The van der Waals surface area contributed by atoms with Crippen molar-refractivity contribution in [2.75, 3.05) is 21.1 Å². The van der Waals surface area contributed by atoms with Crippen molar-refractivity contribution in [3.8, 4) is 5.75 Å². The third kappa shape index (κ3) is 11.7. The Balaban J connectivity index is 0.000000425. The Morgan fingerprint density at radius 2 is 1.50 bits per heavy atom. The van der Waals surface area contributed by atoms with Gasteiger partial charge in [0.15, 0.2) is 5.78 Å². The summed E-state index contributed by atoms with van der Waals surface area (Å²) in [7, 11) is 6.52. The van der Waals surface area contributed by atoms with E-state index in [1.54, 1.807) is 0 Å². The van der Waals surface area contributed by atoms with Crippen LogP contribution in [0.4, 0.5) is 0 Å². The number of unbranched alkanes of at least 4 members (excludes halogenated alkanes) is 6. The zero-order chi connectivity index (χ0) is 24.0. The van der Waals surface area contributed by atoms with Gasteiger partial charge in [-0.3, -0.25) is 4.79 Å². The first-order chi connectivity index (χ1) is 15.1. The summed E-state index contributed by atoms with van der Waals surface area (Å²) in [5.41, 5.74) is 1.96. The molecule has 0 unspecified atom stereocenters. The van der Waals surface area contributed by atoms with Gasteiger partial charge in [-0.15, -0.1) is 0 Å². The highest BCUT2D eigenvalue weighted by molar-refractivity contribution is 5.96. The predicted molar refractivity (Wildman–Crippen MR) is 128 cm³/mol. The van der Waals surface area contributed by atoms with E-state index in [4.69, 9.17) is 5.11 Å². The molecule has 0 aromatic heterocycles. The van der Waals surface area contributed by atoms with Crippen molar-refractivity contribution in [3.63, 3.8) is 0 Å². The Morgan fingerprint density at radius 1 is 0.875 bits per heavy atom. The molecule has 0 saturated heterocycles. The van der Waals surface area contributed by atoms with Crippen LogP contribution in [0.15, 0.2) is 48.5 Å². The van der Waals surface area contributed by atoms with E-state index in [2.05, 4.69) is 40.2 Å². The topological polar surface area (TPSA) is 77.4 Å². The fourth-order valence-electron chi connectivity index (χ4n) is 3.42. The van der Waals surface area contributed by atoms with Crippen LogP contribution in [-0.2, 0) is 6.54 Å². The van der Waals surface area contributed by atoms with E-state index in [0.717, 1.165) is 23.0 Å². The fourth-order valence-corrected chi connectivity index (χ4v) is 3.42. The van der Waals surface area contributed by atoms with Crippen molar-refractivity contribution >= 4 is 11.8 Å². The van der Waals surface area contributed by atoms with Gasteiger partial charge < -0.3 is 14.7 Å². The number of Topliss-reactive ketones (excluding diaryl/α,β-unsaturated/α-hetero) is 1. The quantitative estimate of drug-likeness (QED) is 0.261. The maximum absolute atomic E-state index is 12.3. The highest BCUT2D eigenvalue weighted by atomic mass is 16.4. The van der Waals surface area contributed by atoms with Crippen molar-refractivity contribution in [1.29, 1.82) is 0 Å². The average molecular weight is 442 g/mol. The van der Waals surface area contributed by atoms with Gasteiger partial charge in [-0.25, -0.2) is 4.79 Å². The Hall–Kier alpha value is -2.66. The summed E-state index contributed by atoms with van der Waals surface area (Å²) in [4.78, 5) is 22.5. The maximum atomic E-state index is 12.3. The van der Waals surface area contributed by atoms with E-state index in [0.29, 0.717) is 12.2 Å². The first kappa shape index (κ1) is 27.4. The summed E-state index contributed by atoms with van der Waals surface area (Å²) in [6.45, 7) is 3.20. The van der Waals surface area contributed by atoms with Gasteiger partial charge in [-0.2, -0.15) is 0 Å². The first-order valence-corrected chi connectivity index (χ1v) is 11.6. The predicted octanol–water partition coefficient (Wildman–Crippen LogP) is 5.67. The molecule has 2 rings (SSSR count). The van der Waals surface area contributed by atoms with Gasteiger partial charge in [0.2, 0.25) is 0 Å². The molecule has 0 aliphatic carbocycles. The summed E-state index contributed by atoms with van der Waals surface area (Å²) in [5.74, 6) is -1.32. The molecule has 0 aliphatic heterocycles. The van der Waals surface area contributed by atoms with Crippen LogP contribution >= 0.6 is 0 Å². The number of hydrogen-bond acceptors (Lipinski definition) is 3. The number of benzene rings is 2. The molecular formula is C27H39NO4. The lowest BCUT2D eigenvalue weighted by molar-refractivity contribution is -0.884. The molecular weight excluding hydrogens is 402 g/mol. The molecule has 0 atom stereocenters. The lowest BCUT2D eigenvalue weighted by Crippen LogP contribution is -2.33. The SMILES string of the molecule is CCCCCCCCCC(=O)c1cccc(C[N+](C)(C)C)c1.O=C(O)c1ccccc1[O-]. The van der Waals surface area contributed by atoms with Crippen molar-refractivity contribution in [2.45, 2.75) is 64.8 Å². The molecule has 0 amide bonds. The maximum Gasteiger partial charge on any atom is 0.335 e. The van der Waals surface area contributed by atoms with E-state index in [9.17, 15) is 14.7 Å². The number of nitrogens with zero attached hydrogens (tertiary/aromatic N) is 1. The Bertz CT molecular complexity index is 840.